The molecule has 2 amide bonds. The molecule has 1 aliphatic heterocycles. The zero-order chi connectivity index (χ0) is 33.6. The minimum Gasteiger partial charge on any atom is -0.478 e. The van der Waals surface area contributed by atoms with Crippen LogP contribution in [-0.2, 0) is 5.54 Å². The Morgan fingerprint density at radius 3 is 1.98 bits per heavy atom. The fourth-order valence-corrected chi connectivity index (χ4v) is 6.59. The van der Waals surface area contributed by atoms with Gasteiger partial charge in [-0.2, -0.15) is 0 Å². The molecule has 3 heterocycles. The summed E-state index contributed by atoms with van der Waals surface area (Å²) in [7, 11) is 0. The summed E-state index contributed by atoms with van der Waals surface area (Å²) in [5, 5.41) is 17.8. The molecule has 1 aliphatic rings. The van der Waals surface area contributed by atoms with E-state index in [1.165, 1.54) is 0 Å². The Hall–Kier alpha value is -5.83. The Morgan fingerprint density at radius 2 is 1.43 bits per heavy atom. The summed E-state index contributed by atoms with van der Waals surface area (Å²) in [6, 6.07) is 40.3. The summed E-state index contributed by atoms with van der Waals surface area (Å²) in [4.78, 5) is 21.4. The van der Waals surface area contributed by atoms with Gasteiger partial charge in [0, 0.05) is 42.2 Å². The molecule has 49 heavy (non-hydrogen) atoms. The molecule has 4 aromatic carbocycles. The summed E-state index contributed by atoms with van der Waals surface area (Å²) in [5.74, 6) is 1.59. The second-order valence-electron chi connectivity index (χ2n) is 12.4. The average Bonchev–Trinajstić information content (AvgIpc) is 3.65. The number of pyridine rings is 1. The van der Waals surface area contributed by atoms with Gasteiger partial charge >= 0.3 is 6.03 Å². The number of amides is 2. The summed E-state index contributed by atoms with van der Waals surface area (Å²) >= 11 is 0. The summed E-state index contributed by atoms with van der Waals surface area (Å²) in [5.41, 5.74) is 5.12. The third kappa shape index (κ3) is 6.39. The number of urea groups is 1. The number of hydrogen-bond donors (Lipinski definition) is 1. The predicted octanol–water partition coefficient (Wildman–Crippen LogP) is 7.90. The highest BCUT2D eigenvalue weighted by Gasteiger charge is 2.41. The first kappa shape index (κ1) is 31.8. The maximum absolute atomic E-state index is 13.3. The van der Waals surface area contributed by atoms with Crippen molar-refractivity contribution in [3.8, 4) is 28.4 Å². The van der Waals surface area contributed by atoms with Gasteiger partial charge in [0.1, 0.15) is 0 Å². The summed E-state index contributed by atoms with van der Waals surface area (Å²) < 4.78 is 5.60. The van der Waals surface area contributed by atoms with Crippen molar-refractivity contribution in [1.82, 2.24) is 30.1 Å². The van der Waals surface area contributed by atoms with E-state index in [1.54, 1.807) is 11.0 Å². The number of tetrazole rings is 1. The summed E-state index contributed by atoms with van der Waals surface area (Å²) in [6.45, 7) is 6.18. The Kier molecular flexibility index (Phi) is 9.14. The number of hydrogen-bond acceptors (Lipinski definition) is 6. The van der Waals surface area contributed by atoms with Crippen molar-refractivity contribution in [3.05, 3.63) is 144 Å². The Labute approximate surface area is 286 Å². The van der Waals surface area contributed by atoms with Crippen molar-refractivity contribution >= 4 is 11.7 Å². The molecule has 1 saturated heterocycles. The normalized spacial score (nSPS) is 13.6. The van der Waals surface area contributed by atoms with Crippen molar-refractivity contribution in [1.29, 1.82) is 0 Å². The lowest BCUT2D eigenvalue weighted by Gasteiger charge is -2.34. The van der Waals surface area contributed by atoms with Crippen LogP contribution in [0.5, 0.6) is 5.88 Å². The molecule has 7 rings (SSSR count). The van der Waals surface area contributed by atoms with Crippen LogP contribution in [0.15, 0.2) is 128 Å². The smallest absolute Gasteiger partial charge is 0.321 e. The zero-order valence-corrected chi connectivity index (χ0v) is 27.7. The van der Waals surface area contributed by atoms with Crippen molar-refractivity contribution in [2.45, 2.75) is 32.2 Å². The fourth-order valence-electron chi connectivity index (χ4n) is 6.59. The number of carbonyl (C=O) groups is 1. The van der Waals surface area contributed by atoms with Gasteiger partial charge in [0.25, 0.3) is 0 Å². The molecule has 1 N–H and O–H groups in total. The van der Waals surface area contributed by atoms with E-state index in [4.69, 9.17) is 20.1 Å². The van der Waals surface area contributed by atoms with Gasteiger partial charge in [-0.25, -0.2) is 9.78 Å². The molecule has 0 radical (unpaired) electrons. The predicted molar refractivity (Wildman–Crippen MR) is 191 cm³/mol. The van der Waals surface area contributed by atoms with E-state index < -0.39 is 5.54 Å². The third-order valence-electron chi connectivity index (χ3n) is 9.21. The van der Waals surface area contributed by atoms with Crippen LogP contribution in [0.4, 0.5) is 10.5 Å². The molecule has 9 nitrogen and oxygen atoms in total. The average molecular weight is 650 g/mol. The number of piperidine rings is 1. The molecular weight excluding hydrogens is 610 g/mol. The molecule has 0 saturated carbocycles. The highest BCUT2D eigenvalue weighted by atomic mass is 16.5. The first-order valence-corrected chi connectivity index (χ1v) is 16.8. The van der Waals surface area contributed by atoms with E-state index in [9.17, 15) is 4.79 Å². The third-order valence-corrected chi connectivity index (χ3v) is 9.21. The van der Waals surface area contributed by atoms with Crippen LogP contribution in [-0.4, -0.2) is 55.8 Å². The lowest BCUT2D eigenvalue weighted by molar-refractivity contribution is 0.186. The van der Waals surface area contributed by atoms with Crippen LogP contribution in [0.2, 0.25) is 0 Å². The number of ether oxygens (including phenoxy) is 1. The maximum atomic E-state index is 13.3. The van der Waals surface area contributed by atoms with E-state index in [0.717, 1.165) is 53.7 Å². The lowest BCUT2D eigenvalue weighted by atomic mass is 9.77. The van der Waals surface area contributed by atoms with Crippen LogP contribution in [0.25, 0.3) is 22.5 Å². The molecular formula is C40H39N7O2. The van der Waals surface area contributed by atoms with E-state index in [0.29, 0.717) is 35.5 Å². The molecule has 0 unspecified atom stereocenters. The molecule has 0 aliphatic carbocycles. The van der Waals surface area contributed by atoms with Gasteiger partial charge in [0.05, 0.1) is 6.61 Å². The van der Waals surface area contributed by atoms with Crippen LogP contribution in [0.3, 0.4) is 0 Å². The van der Waals surface area contributed by atoms with Gasteiger partial charge < -0.3 is 15.0 Å². The van der Waals surface area contributed by atoms with E-state index in [1.807, 2.05) is 96.8 Å². The number of rotatable bonds is 9. The van der Waals surface area contributed by atoms with E-state index >= 15 is 0 Å². The zero-order valence-electron chi connectivity index (χ0n) is 27.7. The Bertz CT molecular complexity index is 1890. The number of likely N-dealkylation sites (tertiary alicyclic amines) is 1. The summed E-state index contributed by atoms with van der Waals surface area (Å²) in [6.07, 6.45) is 3.78. The van der Waals surface area contributed by atoms with Crippen molar-refractivity contribution in [2.24, 2.45) is 5.92 Å². The fraction of sp³-hybridized carbons (Fsp3) is 0.225. The second-order valence-corrected chi connectivity index (χ2v) is 12.4. The van der Waals surface area contributed by atoms with Gasteiger partial charge in [-0.3, -0.25) is 0 Å². The molecule has 1 fully saturated rings. The molecule has 2 aromatic heterocycles. The van der Waals surface area contributed by atoms with Crippen LogP contribution >= 0.6 is 0 Å². The van der Waals surface area contributed by atoms with Gasteiger partial charge in [-0.15, -0.1) is 15.0 Å². The number of nitrogens with one attached hydrogen (secondary N) is 1. The molecule has 0 spiro atoms. The highest BCUT2D eigenvalue weighted by Crippen LogP contribution is 2.41. The van der Waals surface area contributed by atoms with Gasteiger partial charge in [-0.05, 0) is 71.3 Å². The number of aromatic nitrogens is 5. The molecule has 0 atom stereocenters. The number of benzene rings is 4. The molecule has 246 valence electrons. The highest BCUT2D eigenvalue weighted by molar-refractivity contribution is 5.92. The Morgan fingerprint density at radius 1 is 0.816 bits per heavy atom. The van der Waals surface area contributed by atoms with Gasteiger partial charge in [-0.1, -0.05) is 104 Å². The second kappa shape index (κ2) is 14.1. The first-order valence-electron chi connectivity index (χ1n) is 16.8. The van der Waals surface area contributed by atoms with Crippen molar-refractivity contribution in [2.75, 3.05) is 25.0 Å². The molecule has 0 bridgehead atoms. The number of carbonyl (C=O) groups excluding carboxylic acids is 1. The maximum Gasteiger partial charge on any atom is 0.321 e. The van der Waals surface area contributed by atoms with E-state index in [2.05, 4.69) is 53.6 Å². The van der Waals surface area contributed by atoms with Gasteiger partial charge in [0.15, 0.2) is 5.54 Å². The van der Waals surface area contributed by atoms with Crippen molar-refractivity contribution < 1.29 is 9.53 Å². The molecule has 6 aromatic rings. The van der Waals surface area contributed by atoms with Crippen LogP contribution in [0, 0.1) is 5.92 Å². The number of anilines is 1. The van der Waals surface area contributed by atoms with Gasteiger partial charge in [0.2, 0.25) is 11.7 Å². The number of nitrogens with zero attached hydrogens (tertiary/aromatic N) is 6. The standard InChI is InChI=1S/C40H39N7O2/c1-3-49-37-22-19-30(28-41-37)35-21-20-34(42-39(48)46-25-23-29(2)24-26-46)27-36(35)38-43-45-47(44-38)40(31-13-7-4-8-14-31,32-15-9-5-10-16-32)33-17-11-6-12-18-33/h4-22,27-29H,3,23-26H2,1-2H3,(H,42,48). The minimum absolute atomic E-state index is 0.110. The first-order chi connectivity index (χ1) is 24.1. The quantitative estimate of drug-likeness (QED) is 0.160. The van der Waals surface area contributed by atoms with Crippen LogP contribution in [0.1, 0.15) is 43.4 Å². The minimum atomic E-state index is -0.923. The lowest BCUT2D eigenvalue weighted by Crippen LogP contribution is -2.40. The SMILES string of the molecule is CCOc1ccc(-c2ccc(NC(=O)N3CCC(C)CC3)cc2-c2nnn(C(c3ccccc3)(c3ccccc3)c3ccccc3)n2)cn1. The van der Waals surface area contributed by atoms with Crippen molar-refractivity contribution in [3.63, 3.8) is 0 Å². The monoisotopic (exact) mass is 649 g/mol. The topological polar surface area (TPSA) is 98.1 Å². The van der Waals surface area contributed by atoms with Crippen LogP contribution < -0.4 is 10.1 Å². The molecule has 9 heteroatoms. The Balaban J connectivity index is 1.37. The van der Waals surface area contributed by atoms with E-state index in [-0.39, 0.29) is 6.03 Å². The largest absolute Gasteiger partial charge is 0.478 e.